The van der Waals surface area contributed by atoms with Crippen LogP contribution in [0.3, 0.4) is 0 Å². The molecule has 9 nitrogen and oxygen atoms in total. The lowest BCUT2D eigenvalue weighted by Gasteiger charge is -2.26. The Balaban J connectivity index is 3.92. The monoisotopic (exact) mass is 1150 g/mol. The van der Waals surface area contributed by atoms with Crippen LogP contribution in [-0.2, 0) is 33.3 Å². The van der Waals surface area contributed by atoms with Gasteiger partial charge >= 0.3 is 11.9 Å². The normalized spacial score (nSPS) is 12.7. The fraction of sp³-hybridized carbons (Fsp3) is 0.931. The summed E-state index contributed by atoms with van der Waals surface area (Å²) < 4.78 is 22.8. The lowest BCUT2D eigenvalue weighted by atomic mass is 10.0. The Morgan fingerprint density at radius 2 is 0.630 bits per heavy atom. The molecule has 0 fully saturated rings. The average molecular weight is 1150 g/mol. The maximum absolute atomic E-state index is 12.9. The summed E-state index contributed by atoms with van der Waals surface area (Å²) in [6.07, 6.45) is 74.7. The van der Waals surface area contributed by atoms with Gasteiger partial charge < -0.3 is 33.3 Å². The number of likely N-dealkylation sites (N-methyl/N-ethyl adjacent to an activating group) is 1. The van der Waals surface area contributed by atoms with Crippen molar-refractivity contribution in [3.63, 3.8) is 0 Å². The van der Waals surface area contributed by atoms with Crippen molar-refractivity contribution < 1.29 is 42.9 Å². The summed E-state index contributed by atoms with van der Waals surface area (Å²) in [7, 11) is 5.94. The highest BCUT2D eigenvalue weighted by molar-refractivity contribution is 5.70. The molecule has 81 heavy (non-hydrogen) atoms. The fourth-order valence-corrected chi connectivity index (χ4v) is 11.0. The zero-order valence-electron chi connectivity index (χ0n) is 54.9. The molecule has 0 aromatic carbocycles. The Morgan fingerprint density at radius 3 is 0.914 bits per heavy atom. The molecule has 2 unspecified atom stereocenters. The average Bonchev–Trinajstić information content (AvgIpc) is 3.44. The molecule has 9 heteroatoms. The molecule has 0 amide bonds. The number of allylic oxidation sites excluding steroid dienone is 2. The third-order valence-electron chi connectivity index (χ3n) is 16.5. The molecular weight excluding hydrogens is 1010 g/mol. The number of carbonyl (C=O) groups is 3. The van der Waals surface area contributed by atoms with Gasteiger partial charge in [-0.2, -0.15) is 0 Å². The number of rotatable bonds is 68. The Bertz CT molecular complexity index is 1330. The smallest absolute Gasteiger partial charge is 0.306 e. The van der Waals surface area contributed by atoms with Crippen molar-refractivity contribution in [2.24, 2.45) is 0 Å². The zero-order chi connectivity index (χ0) is 59.1. The molecule has 2 atom stereocenters. The molecular formula is C72H139NO8. The number of aliphatic carboxylic acids is 1. The first-order valence-corrected chi connectivity index (χ1v) is 35.8. The number of carbonyl (C=O) groups excluding carboxylic acids is 3. The van der Waals surface area contributed by atoms with Crippen molar-refractivity contribution in [2.45, 2.75) is 386 Å². The predicted molar refractivity (Wildman–Crippen MR) is 343 cm³/mol. The van der Waals surface area contributed by atoms with Crippen LogP contribution in [0.2, 0.25) is 0 Å². The lowest BCUT2D eigenvalue weighted by molar-refractivity contribution is -0.870. The fourth-order valence-electron chi connectivity index (χ4n) is 11.0. The second-order valence-electron chi connectivity index (χ2n) is 25.9. The van der Waals surface area contributed by atoms with Gasteiger partial charge in [-0.1, -0.05) is 334 Å². The minimum atomic E-state index is -1.62. The van der Waals surface area contributed by atoms with Crippen molar-refractivity contribution in [3.05, 3.63) is 12.2 Å². The second kappa shape index (κ2) is 64.0. The zero-order valence-corrected chi connectivity index (χ0v) is 54.9. The number of esters is 2. The number of carboxylic acid groups (broad SMARTS) is 1. The van der Waals surface area contributed by atoms with Gasteiger partial charge in [0.1, 0.15) is 13.2 Å². The summed E-state index contributed by atoms with van der Waals surface area (Å²) in [5, 5.41) is 11.8. The molecule has 480 valence electrons. The largest absolute Gasteiger partial charge is 0.545 e. The van der Waals surface area contributed by atoms with Gasteiger partial charge in [-0.15, -0.1) is 0 Å². The van der Waals surface area contributed by atoms with Gasteiger partial charge in [-0.25, -0.2) is 0 Å². The topological polar surface area (TPSA) is 111 Å². The first kappa shape index (κ1) is 79.0. The molecule has 0 aliphatic carbocycles. The van der Waals surface area contributed by atoms with E-state index in [0.29, 0.717) is 23.9 Å². The van der Waals surface area contributed by atoms with Gasteiger partial charge in [0.25, 0.3) is 0 Å². The molecule has 0 rings (SSSR count). The van der Waals surface area contributed by atoms with E-state index in [1.165, 1.54) is 295 Å². The standard InChI is InChI=1S/C72H139NO8/c1-6-8-10-12-14-16-18-20-22-24-26-27-28-29-30-31-32-33-34-35-36-37-38-39-40-41-42-43-44-45-47-48-50-52-54-56-58-60-62-69(74)79-66-68(67-80-72(71(76)77)78-65-64-73(3,4)5)81-70(75)63-61-59-57-55-53-51-49-46-25-23-21-19-17-15-13-11-9-7-2/h23,25,68,72H,6-22,24,26-67H2,1-5H3/b25-23-. The van der Waals surface area contributed by atoms with Crippen LogP contribution < -0.4 is 5.11 Å². The van der Waals surface area contributed by atoms with Crippen LogP contribution in [-0.4, -0.2) is 82.3 Å². The molecule has 0 saturated carbocycles. The molecule has 0 saturated heterocycles. The van der Waals surface area contributed by atoms with E-state index in [-0.39, 0.29) is 32.2 Å². The molecule has 0 spiro atoms. The van der Waals surface area contributed by atoms with Crippen LogP contribution in [0, 0.1) is 0 Å². The van der Waals surface area contributed by atoms with Crippen LogP contribution >= 0.6 is 0 Å². The minimum Gasteiger partial charge on any atom is -0.545 e. The van der Waals surface area contributed by atoms with Gasteiger partial charge in [0.05, 0.1) is 40.3 Å². The predicted octanol–water partition coefficient (Wildman–Crippen LogP) is 20.7. The second-order valence-corrected chi connectivity index (χ2v) is 25.9. The van der Waals surface area contributed by atoms with Crippen LogP contribution in [0.15, 0.2) is 12.2 Å². The number of carboxylic acids is 1. The van der Waals surface area contributed by atoms with Gasteiger partial charge in [0.15, 0.2) is 12.4 Å². The van der Waals surface area contributed by atoms with Gasteiger partial charge in [-0.3, -0.25) is 9.59 Å². The maximum atomic E-state index is 12.9. The number of hydrogen-bond donors (Lipinski definition) is 0. The first-order valence-electron chi connectivity index (χ1n) is 35.8. The third kappa shape index (κ3) is 65.4. The highest BCUT2D eigenvalue weighted by Crippen LogP contribution is 2.19. The van der Waals surface area contributed by atoms with Crippen LogP contribution in [0.25, 0.3) is 0 Å². The SMILES string of the molecule is CCCCCCCCC/C=C\CCCCCCCCCC(=O)OC(COC(=O)CCCCCCCCCCCCCCCCCCCCCCCCCCCCCCCCCCCCCCCC)COC(OCC[N+](C)(C)C)C(=O)[O-]. The van der Waals surface area contributed by atoms with E-state index in [0.717, 1.165) is 44.9 Å². The van der Waals surface area contributed by atoms with E-state index < -0.39 is 24.3 Å². The van der Waals surface area contributed by atoms with Crippen molar-refractivity contribution in [1.82, 2.24) is 0 Å². The van der Waals surface area contributed by atoms with Gasteiger partial charge in [0.2, 0.25) is 0 Å². The summed E-state index contributed by atoms with van der Waals surface area (Å²) in [5.41, 5.74) is 0. The maximum Gasteiger partial charge on any atom is 0.306 e. The highest BCUT2D eigenvalue weighted by atomic mass is 16.7. The third-order valence-corrected chi connectivity index (χ3v) is 16.5. The first-order chi connectivity index (χ1) is 39.6. The van der Waals surface area contributed by atoms with E-state index in [2.05, 4.69) is 26.0 Å². The summed E-state index contributed by atoms with van der Waals surface area (Å²) in [6, 6.07) is 0. The Hall–Kier alpha value is -1.97. The van der Waals surface area contributed by atoms with Gasteiger partial charge in [-0.05, 0) is 38.5 Å². The summed E-state index contributed by atoms with van der Waals surface area (Å²) in [5.74, 6) is -2.26. The van der Waals surface area contributed by atoms with E-state index in [1.54, 1.807) is 0 Å². The Kier molecular flexibility index (Phi) is 62.5. The molecule has 0 bridgehead atoms. The number of ether oxygens (including phenoxy) is 4. The van der Waals surface area contributed by atoms with Crippen LogP contribution in [0.4, 0.5) is 0 Å². The summed E-state index contributed by atoms with van der Waals surface area (Å²) >= 11 is 0. The molecule has 0 N–H and O–H groups in total. The summed E-state index contributed by atoms with van der Waals surface area (Å²) in [4.78, 5) is 37.4. The molecule has 0 aliphatic heterocycles. The van der Waals surface area contributed by atoms with Crippen molar-refractivity contribution in [2.75, 3.05) is 47.5 Å². The number of hydrogen-bond acceptors (Lipinski definition) is 8. The molecule has 0 aliphatic rings. The highest BCUT2D eigenvalue weighted by Gasteiger charge is 2.22. The van der Waals surface area contributed by atoms with E-state index >= 15 is 0 Å². The van der Waals surface area contributed by atoms with Crippen molar-refractivity contribution in [3.8, 4) is 0 Å². The van der Waals surface area contributed by atoms with Crippen molar-refractivity contribution >= 4 is 17.9 Å². The van der Waals surface area contributed by atoms with Crippen molar-refractivity contribution in [1.29, 1.82) is 0 Å². The minimum absolute atomic E-state index is 0.151. The van der Waals surface area contributed by atoms with Crippen LogP contribution in [0.5, 0.6) is 0 Å². The van der Waals surface area contributed by atoms with E-state index in [9.17, 15) is 19.5 Å². The number of nitrogens with zero attached hydrogens (tertiary/aromatic N) is 1. The summed E-state index contributed by atoms with van der Waals surface area (Å²) in [6.45, 7) is 4.81. The Labute approximate surface area is 504 Å². The molecule has 0 aromatic heterocycles. The van der Waals surface area contributed by atoms with Crippen LogP contribution in [0.1, 0.15) is 373 Å². The molecule has 0 aromatic rings. The quantitative estimate of drug-likeness (QED) is 0.0195. The van der Waals surface area contributed by atoms with Gasteiger partial charge in [0, 0.05) is 12.8 Å². The lowest BCUT2D eigenvalue weighted by Crippen LogP contribution is -2.44. The Morgan fingerprint density at radius 1 is 0.358 bits per heavy atom. The molecule has 0 heterocycles. The number of quaternary nitrogens is 1. The van der Waals surface area contributed by atoms with E-state index in [1.807, 2.05) is 21.1 Å². The van der Waals surface area contributed by atoms with E-state index in [4.69, 9.17) is 18.9 Å². The number of unbranched alkanes of at least 4 members (excludes halogenated alkanes) is 51. The molecule has 0 radical (unpaired) electrons.